The molecule has 0 aliphatic heterocycles. The SMILES string of the molecule is CCOc1nc(NC2CCC(C)CC2C)ccc1N. The fourth-order valence-corrected chi connectivity index (χ4v) is 2.85. The second kappa shape index (κ2) is 6.13. The first-order valence-corrected chi connectivity index (χ1v) is 7.26. The third-order valence-electron chi connectivity index (χ3n) is 3.94. The second-order valence-corrected chi connectivity index (χ2v) is 5.67. The van der Waals surface area contributed by atoms with E-state index in [1.165, 1.54) is 19.3 Å². The molecule has 3 atom stereocenters. The van der Waals surface area contributed by atoms with E-state index in [2.05, 4.69) is 24.1 Å². The van der Waals surface area contributed by atoms with Crippen molar-refractivity contribution >= 4 is 11.5 Å². The maximum Gasteiger partial charge on any atom is 0.239 e. The summed E-state index contributed by atoms with van der Waals surface area (Å²) in [6.45, 7) is 7.17. The summed E-state index contributed by atoms with van der Waals surface area (Å²) in [5, 5.41) is 3.53. The van der Waals surface area contributed by atoms with Crippen LogP contribution in [0.1, 0.15) is 40.0 Å². The number of pyridine rings is 1. The summed E-state index contributed by atoms with van der Waals surface area (Å²) in [6, 6.07) is 4.29. The standard InChI is InChI=1S/C15H25N3O/c1-4-19-15-12(16)6-8-14(18-15)17-13-7-5-10(2)9-11(13)3/h6,8,10-11,13H,4-5,7,9,16H2,1-3H3,(H,17,18). The van der Waals surface area contributed by atoms with Crippen molar-refractivity contribution in [3.63, 3.8) is 0 Å². The molecule has 0 amide bonds. The molecule has 1 heterocycles. The van der Waals surface area contributed by atoms with Crippen LogP contribution in [0.5, 0.6) is 5.88 Å². The second-order valence-electron chi connectivity index (χ2n) is 5.67. The van der Waals surface area contributed by atoms with E-state index in [4.69, 9.17) is 10.5 Å². The number of nitrogens with one attached hydrogen (secondary N) is 1. The molecule has 4 nitrogen and oxygen atoms in total. The Kier molecular flexibility index (Phi) is 4.51. The summed E-state index contributed by atoms with van der Waals surface area (Å²) in [5.74, 6) is 2.92. The van der Waals surface area contributed by atoms with Crippen LogP contribution in [-0.4, -0.2) is 17.6 Å². The zero-order valence-corrected chi connectivity index (χ0v) is 12.1. The van der Waals surface area contributed by atoms with Gasteiger partial charge in [0.05, 0.1) is 12.3 Å². The van der Waals surface area contributed by atoms with Crippen molar-refractivity contribution in [3.8, 4) is 5.88 Å². The number of nitrogens with zero attached hydrogens (tertiary/aromatic N) is 1. The summed E-state index contributed by atoms with van der Waals surface area (Å²) in [4.78, 5) is 4.45. The molecule has 106 valence electrons. The molecular formula is C15H25N3O. The third kappa shape index (κ3) is 3.52. The Balaban J connectivity index is 2.04. The van der Waals surface area contributed by atoms with E-state index >= 15 is 0 Å². The van der Waals surface area contributed by atoms with Gasteiger partial charge in [-0.1, -0.05) is 13.8 Å². The average Bonchev–Trinajstić information content (AvgIpc) is 2.37. The first-order valence-electron chi connectivity index (χ1n) is 7.26. The number of anilines is 2. The van der Waals surface area contributed by atoms with E-state index in [9.17, 15) is 0 Å². The van der Waals surface area contributed by atoms with Crippen molar-refractivity contribution in [1.29, 1.82) is 0 Å². The lowest BCUT2D eigenvalue weighted by atomic mass is 9.80. The van der Waals surface area contributed by atoms with E-state index in [-0.39, 0.29) is 0 Å². The van der Waals surface area contributed by atoms with Crippen molar-refractivity contribution in [2.75, 3.05) is 17.7 Å². The van der Waals surface area contributed by atoms with Crippen LogP contribution in [0.25, 0.3) is 0 Å². The molecule has 1 saturated carbocycles. The highest BCUT2D eigenvalue weighted by Gasteiger charge is 2.25. The van der Waals surface area contributed by atoms with Gasteiger partial charge in [-0.25, -0.2) is 0 Å². The normalized spacial score (nSPS) is 27.0. The smallest absolute Gasteiger partial charge is 0.239 e. The number of hydrogen-bond acceptors (Lipinski definition) is 4. The molecule has 3 unspecified atom stereocenters. The summed E-state index contributed by atoms with van der Waals surface area (Å²) in [6.07, 6.45) is 3.78. The van der Waals surface area contributed by atoms with Gasteiger partial charge in [-0.05, 0) is 50.2 Å². The lowest BCUT2D eigenvalue weighted by Gasteiger charge is -2.33. The monoisotopic (exact) mass is 263 g/mol. The number of aromatic nitrogens is 1. The molecular weight excluding hydrogens is 238 g/mol. The Morgan fingerprint density at radius 1 is 1.37 bits per heavy atom. The molecule has 1 aromatic heterocycles. The van der Waals surface area contributed by atoms with Crippen molar-refractivity contribution in [2.45, 2.75) is 46.1 Å². The van der Waals surface area contributed by atoms with Gasteiger partial charge in [-0.3, -0.25) is 0 Å². The molecule has 0 aromatic carbocycles. The predicted octanol–water partition coefficient (Wildman–Crippen LogP) is 3.30. The Labute approximate surface area is 115 Å². The summed E-state index contributed by atoms with van der Waals surface area (Å²) in [7, 11) is 0. The topological polar surface area (TPSA) is 60.2 Å². The van der Waals surface area contributed by atoms with Crippen molar-refractivity contribution < 1.29 is 4.74 Å². The zero-order chi connectivity index (χ0) is 13.8. The molecule has 0 radical (unpaired) electrons. The molecule has 1 fully saturated rings. The maximum absolute atomic E-state index is 5.84. The van der Waals surface area contributed by atoms with Gasteiger partial charge < -0.3 is 15.8 Å². The minimum atomic E-state index is 0.502. The van der Waals surface area contributed by atoms with Crippen molar-refractivity contribution in [3.05, 3.63) is 12.1 Å². The zero-order valence-electron chi connectivity index (χ0n) is 12.1. The lowest BCUT2D eigenvalue weighted by molar-refractivity contribution is 0.276. The Morgan fingerprint density at radius 2 is 2.16 bits per heavy atom. The Bertz CT molecular complexity index is 422. The number of nitrogens with two attached hydrogens (primary N) is 1. The van der Waals surface area contributed by atoms with E-state index in [1.807, 2.05) is 19.1 Å². The highest BCUT2D eigenvalue weighted by atomic mass is 16.5. The van der Waals surface area contributed by atoms with Crippen LogP contribution in [0.4, 0.5) is 11.5 Å². The summed E-state index contributed by atoms with van der Waals surface area (Å²) >= 11 is 0. The van der Waals surface area contributed by atoms with E-state index in [1.54, 1.807) is 0 Å². The van der Waals surface area contributed by atoms with E-state index in [0.717, 1.165) is 11.7 Å². The van der Waals surface area contributed by atoms with Gasteiger partial charge in [0.15, 0.2) is 0 Å². The van der Waals surface area contributed by atoms with Crippen LogP contribution in [-0.2, 0) is 0 Å². The Hall–Kier alpha value is -1.45. The van der Waals surface area contributed by atoms with Gasteiger partial charge in [-0.15, -0.1) is 0 Å². The van der Waals surface area contributed by atoms with Gasteiger partial charge in [0.2, 0.25) is 5.88 Å². The summed E-state index contributed by atoms with van der Waals surface area (Å²) < 4.78 is 5.43. The molecule has 1 aromatic rings. The van der Waals surface area contributed by atoms with Crippen LogP contribution in [0.3, 0.4) is 0 Å². The third-order valence-corrected chi connectivity index (χ3v) is 3.94. The van der Waals surface area contributed by atoms with E-state index in [0.29, 0.717) is 30.1 Å². The van der Waals surface area contributed by atoms with E-state index < -0.39 is 0 Å². The van der Waals surface area contributed by atoms with Crippen LogP contribution in [0, 0.1) is 11.8 Å². The van der Waals surface area contributed by atoms with Gasteiger partial charge >= 0.3 is 0 Å². The van der Waals surface area contributed by atoms with Crippen LogP contribution < -0.4 is 15.8 Å². The van der Waals surface area contributed by atoms with Crippen molar-refractivity contribution in [1.82, 2.24) is 4.98 Å². The highest BCUT2D eigenvalue weighted by Crippen LogP contribution is 2.31. The fourth-order valence-electron chi connectivity index (χ4n) is 2.85. The molecule has 4 heteroatoms. The first kappa shape index (κ1) is 14.0. The molecule has 19 heavy (non-hydrogen) atoms. The largest absolute Gasteiger partial charge is 0.476 e. The maximum atomic E-state index is 5.84. The number of nitrogen functional groups attached to an aromatic ring is 1. The van der Waals surface area contributed by atoms with Gasteiger partial charge in [0.1, 0.15) is 5.82 Å². The van der Waals surface area contributed by atoms with Gasteiger partial charge in [-0.2, -0.15) is 4.98 Å². The molecule has 0 spiro atoms. The fraction of sp³-hybridized carbons (Fsp3) is 0.667. The molecule has 1 aliphatic rings. The molecule has 0 bridgehead atoms. The first-order chi connectivity index (χ1) is 9.10. The molecule has 1 aliphatic carbocycles. The number of hydrogen-bond donors (Lipinski definition) is 2. The predicted molar refractivity (Wildman–Crippen MR) is 79.4 cm³/mol. The number of ether oxygens (including phenoxy) is 1. The van der Waals surface area contributed by atoms with Crippen LogP contribution in [0.15, 0.2) is 12.1 Å². The number of rotatable bonds is 4. The summed E-state index contributed by atoms with van der Waals surface area (Å²) in [5.41, 5.74) is 6.43. The quantitative estimate of drug-likeness (QED) is 0.875. The van der Waals surface area contributed by atoms with Gasteiger partial charge in [0.25, 0.3) is 0 Å². The molecule has 2 rings (SSSR count). The Morgan fingerprint density at radius 3 is 2.84 bits per heavy atom. The minimum absolute atomic E-state index is 0.502. The van der Waals surface area contributed by atoms with Crippen molar-refractivity contribution in [2.24, 2.45) is 11.8 Å². The average molecular weight is 263 g/mol. The minimum Gasteiger partial charge on any atom is -0.476 e. The highest BCUT2D eigenvalue weighted by molar-refractivity contribution is 5.53. The van der Waals surface area contributed by atoms with Crippen LogP contribution >= 0.6 is 0 Å². The lowest BCUT2D eigenvalue weighted by Crippen LogP contribution is -2.33. The molecule has 3 N–H and O–H groups in total. The van der Waals surface area contributed by atoms with Crippen LogP contribution in [0.2, 0.25) is 0 Å². The molecule has 0 saturated heterocycles. The van der Waals surface area contributed by atoms with Gasteiger partial charge in [0, 0.05) is 6.04 Å².